The van der Waals surface area contributed by atoms with Gasteiger partial charge in [-0.1, -0.05) is 6.07 Å². The highest BCUT2D eigenvalue weighted by Crippen LogP contribution is 2.23. The molecule has 8 heteroatoms. The Balaban J connectivity index is 2.71. The molecule has 0 aliphatic carbocycles. The smallest absolute Gasteiger partial charge is 0.356 e. The molecule has 0 aliphatic heterocycles. The molecule has 0 radical (unpaired) electrons. The number of aromatic carboxylic acids is 1. The molecule has 0 spiro atoms. The van der Waals surface area contributed by atoms with Crippen LogP contribution in [0.25, 0.3) is 10.9 Å². The molecule has 0 amide bonds. The summed E-state index contributed by atoms with van der Waals surface area (Å²) in [7, 11) is -0.856. The summed E-state index contributed by atoms with van der Waals surface area (Å²) in [6, 6.07) is 5.31. The van der Waals surface area contributed by atoms with Crippen LogP contribution < -0.4 is 0 Å². The standard InChI is InChI=1S/C11H12N2O5S/c1-12(2)19(17,18)8-4-3-7-5-10(11(14)15)13(16)9(7)6-8/h3-6,16H,1-2H3,(H,14,15). The van der Waals surface area contributed by atoms with Gasteiger partial charge in [-0.05, 0) is 18.2 Å². The molecule has 0 fully saturated rings. The molecule has 102 valence electrons. The Morgan fingerprint density at radius 3 is 2.42 bits per heavy atom. The zero-order valence-electron chi connectivity index (χ0n) is 10.2. The Bertz CT molecular complexity index is 761. The summed E-state index contributed by atoms with van der Waals surface area (Å²) in [6.45, 7) is 0. The fourth-order valence-corrected chi connectivity index (χ4v) is 2.61. The largest absolute Gasteiger partial charge is 0.476 e. The molecule has 2 aromatic rings. The quantitative estimate of drug-likeness (QED) is 0.813. The molecule has 0 aliphatic rings. The van der Waals surface area contributed by atoms with Crippen molar-refractivity contribution in [3.8, 4) is 0 Å². The molecule has 0 bridgehead atoms. The van der Waals surface area contributed by atoms with Crippen LogP contribution in [0.5, 0.6) is 0 Å². The summed E-state index contributed by atoms with van der Waals surface area (Å²) >= 11 is 0. The lowest BCUT2D eigenvalue weighted by Crippen LogP contribution is -2.22. The zero-order chi connectivity index (χ0) is 14.4. The highest BCUT2D eigenvalue weighted by Gasteiger charge is 2.20. The highest BCUT2D eigenvalue weighted by molar-refractivity contribution is 7.89. The van der Waals surface area contributed by atoms with Gasteiger partial charge < -0.3 is 10.3 Å². The number of rotatable bonds is 3. The minimum absolute atomic E-state index is 0.0182. The maximum absolute atomic E-state index is 11.9. The third-order valence-electron chi connectivity index (χ3n) is 2.75. The van der Waals surface area contributed by atoms with Gasteiger partial charge in [0.15, 0.2) is 5.69 Å². The molecular weight excluding hydrogens is 272 g/mol. The maximum Gasteiger partial charge on any atom is 0.356 e. The van der Waals surface area contributed by atoms with E-state index < -0.39 is 16.0 Å². The second kappa shape index (κ2) is 4.25. The van der Waals surface area contributed by atoms with Gasteiger partial charge in [0.1, 0.15) is 0 Å². The second-order valence-corrected chi connectivity index (χ2v) is 6.31. The summed E-state index contributed by atoms with van der Waals surface area (Å²) in [4.78, 5) is 10.9. The lowest BCUT2D eigenvalue weighted by molar-refractivity contribution is 0.0649. The lowest BCUT2D eigenvalue weighted by Gasteiger charge is -2.11. The average Bonchev–Trinajstić information content (AvgIpc) is 2.66. The van der Waals surface area contributed by atoms with Crippen LogP contribution in [0.3, 0.4) is 0 Å². The Kier molecular flexibility index (Phi) is 2.99. The third kappa shape index (κ3) is 2.04. The molecule has 2 N–H and O–H groups in total. The van der Waals surface area contributed by atoms with Crippen LogP contribution in [0.4, 0.5) is 0 Å². The van der Waals surface area contributed by atoms with E-state index in [4.69, 9.17) is 5.11 Å². The average molecular weight is 284 g/mol. The zero-order valence-corrected chi connectivity index (χ0v) is 11.0. The van der Waals surface area contributed by atoms with Crippen LogP contribution in [0, 0.1) is 0 Å². The summed E-state index contributed by atoms with van der Waals surface area (Å²) in [5.74, 6) is -1.30. The van der Waals surface area contributed by atoms with Gasteiger partial charge in [0.2, 0.25) is 10.0 Å². The Morgan fingerprint density at radius 2 is 1.89 bits per heavy atom. The lowest BCUT2D eigenvalue weighted by atomic mass is 10.2. The number of carboxylic acid groups (broad SMARTS) is 1. The first-order valence-electron chi connectivity index (χ1n) is 5.25. The number of nitrogens with zero attached hydrogens (tertiary/aromatic N) is 2. The number of carboxylic acids is 1. The number of aromatic nitrogens is 1. The van der Waals surface area contributed by atoms with E-state index >= 15 is 0 Å². The molecule has 7 nitrogen and oxygen atoms in total. The summed E-state index contributed by atoms with van der Waals surface area (Å²) in [6.07, 6.45) is 0. The van der Waals surface area contributed by atoms with Crippen molar-refractivity contribution in [3.63, 3.8) is 0 Å². The molecule has 0 atom stereocenters. The number of hydrogen-bond acceptors (Lipinski definition) is 4. The summed E-state index contributed by atoms with van der Waals surface area (Å²) in [5, 5.41) is 19.0. The van der Waals surface area contributed by atoms with E-state index in [2.05, 4.69) is 0 Å². The highest BCUT2D eigenvalue weighted by atomic mass is 32.2. The van der Waals surface area contributed by atoms with Crippen LogP contribution in [-0.2, 0) is 10.0 Å². The molecule has 1 heterocycles. The molecule has 2 rings (SSSR count). The number of carbonyl (C=O) groups is 1. The number of benzene rings is 1. The number of fused-ring (bicyclic) bond motifs is 1. The normalized spacial score (nSPS) is 12.2. The maximum atomic E-state index is 11.9. The topological polar surface area (TPSA) is 99.8 Å². The fraction of sp³-hybridized carbons (Fsp3) is 0.182. The van der Waals surface area contributed by atoms with Gasteiger partial charge in [0.25, 0.3) is 0 Å². The molecule has 0 unspecified atom stereocenters. The van der Waals surface area contributed by atoms with Gasteiger partial charge >= 0.3 is 5.97 Å². The van der Waals surface area contributed by atoms with Crippen molar-refractivity contribution in [1.29, 1.82) is 0 Å². The first kappa shape index (κ1) is 13.4. The van der Waals surface area contributed by atoms with E-state index in [1.165, 1.54) is 38.4 Å². The SMILES string of the molecule is CN(C)S(=O)(=O)c1ccc2cc(C(=O)O)n(O)c2c1. The summed E-state index contributed by atoms with van der Waals surface area (Å²) < 4.78 is 25.4. The number of sulfonamides is 1. The Hall–Kier alpha value is -2.06. The van der Waals surface area contributed by atoms with E-state index in [1.807, 2.05) is 0 Å². The van der Waals surface area contributed by atoms with Gasteiger partial charge in [0, 0.05) is 19.5 Å². The molecule has 0 saturated carbocycles. The van der Waals surface area contributed by atoms with Crippen LogP contribution in [-0.4, -0.2) is 47.8 Å². The van der Waals surface area contributed by atoms with Crippen LogP contribution in [0.1, 0.15) is 10.5 Å². The van der Waals surface area contributed by atoms with Crippen molar-refractivity contribution in [2.75, 3.05) is 14.1 Å². The van der Waals surface area contributed by atoms with E-state index in [-0.39, 0.29) is 16.1 Å². The molecule has 1 aromatic carbocycles. The number of hydrogen-bond donors (Lipinski definition) is 2. The van der Waals surface area contributed by atoms with Crippen molar-refractivity contribution < 1.29 is 23.5 Å². The van der Waals surface area contributed by atoms with Gasteiger partial charge in [0.05, 0.1) is 10.4 Å². The van der Waals surface area contributed by atoms with Crippen molar-refractivity contribution in [2.45, 2.75) is 4.90 Å². The van der Waals surface area contributed by atoms with E-state index in [1.54, 1.807) is 0 Å². The van der Waals surface area contributed by atoms with Gasteiger partial charge in [-0.2, -0.15) is 4.73 Å². The van der Waals surface area contributed by atoms with Crippen LogP contribution in [0.15, 0.2) is 29.2 Å². The second-order valence-electron chi connectivity index (χ2n) is 4.15. The van der Waals surface area contributed by atoms with Crippen molar-refractivity contribution in [2.24, 2.45) is 0 Å². The van der Waals surface area contributed by atoms with Gasteiger partial charge in [-0.25, -0.2) is 17.5 Å². The van der Waals surface area contributed by atoms with E-state index in [9.17, 15) is 18.4 Å². The molecule has 0 saturated heterocycles. The minimum Gasteiger partial charge on any atom is -0.476 e. The fourth-order valence-electron chi connectivity index (χ4n) is 1.69. The summed E-state index contributed by atoms with van der Waals surface area (Å²) in [5.41, 5.74) is -0.199. The Labute approximate surface area is 109 Å². The van der Waals surface area contributed by atoms with Gasteiger partial charge in [-0.3, -0.25) is 0 Å². The minimum atomic E-state index is -3.63. The first-order valence-corrected chi connectivity index (χ1v) is 6.69. The van der Waals surface area contributed by atoms with Crippen molar-refractivity contribution in [1.82, 2.24) is 9.04 Å². The monoisotopic (exact) mass is 284 g/mol. The first-order chi connectivity index (χ1) is 8.75. The molecule has 19 heavy (non-hydrogen) atoms. The molecule has 1 aromatic heterocycles. The van der Waals surface area contributed by atoms with E-state index in [0.717, 1.165) is 4.31 Å². The van der Waals surface area contributed by atoms with Gasteiger partial charge in [-0.15, -0.1) is 0 Å². The van der Waals surface area contributed by atoms with Crippen LogP contribution in [0.2, 0.25) is 0 Å². The molecular formula is C11H12N2O5S. The van der Waals surface area contributed by atoms with Crippen molar-refractivity contribution in [3.05, 3.63) is 30.0 Å². The van der Waals surface area contributed by atoms with Crippen LogP contribution >= 0.6 is 0 Å². The Morgan fingerprint density at radius 1 is 1.26 bits per heavy atom. The van der Waals surface area contributed by atoms with Crippen molar-refractivity contribution >= 4 is 26.9 Å². The predicted octanol–water partition coefficient (Wildman–Crippen LogP) is 0.827. The van der Waals surface area contributed by atoms with E-state index in [0.29, 0.717) is 10.1 Å². The third-order valence-corrected chi connectivity index (χ3v) is 4.56. The predicted molar refractivity (Wildman–Crippen MR) is 67.0 cm³/mol.